The highest BCUT2D eigenvalue weighted by Crippen LogP contribution is 2.38. The molecule has 0 saturated heterocycles. The van der Waals surface area contributed by atoms with E-state index in [0.717, 1.165) is 22.5 Å². The summed E-state index contributed by atoms with van der Waals surface area (Å²) in [4.78, 5) is 25.3. The monoisotopic (exact) mass is 345 g/mol. The third-order valence-electron chi connectivity index (χ3n) is 4.76. The molecule has 5 nitrogen and oxygen atoms in total. The summed E-state index contributed by atoms with van der Waals surface area (Å²) in [5.74, 6) is -0.134. The fourth-order valence-corrected chi connectivity index (χ4v) is 3.45. The van der Waals surface area contributed by atoms with Crippen LogP contribution in [0.3, 0.4) is 0 Å². The zero-order valence-electron chi connectivity index (χ0n) is 14.7. The van der Waals surface area contributed by atoms with Gasteiger partial charge in [0, 0.05) is 17.5 Å². The number of nitrogens with zero attached hydrogens (tertiary/aromatic N) is 2. The SMILES string of the molecule is Cc1ccc(-n2nc(C)c3c2NC(=O)CC3C(=O)c2ccccc2)cc1. The number of aromatic nitrogens is 2. The number of amides is 1. The van der Waals surface area contributed by atoms with Gasteiger partial charge in [-0.2, -0.15) is 5.10 Å². The van der Waals surface area contributed by atoms with Crippen LogP contribution in [-0.4, -0.2) is 21.5 Å². The summed E-state index contributed by atoms with van der Waals surface area (Å²) in [6, 6.07) is 17.0. The van der Waals surface area contributed by atoms with Gasteiger partial charge in [0.2, 0.25) is 5.91 Å². The van der Waals surface area contributed by atoms with Gasteiger partial charge >= 0.3 is 0 Å². The summed E-state index contributed by atoms with van der Waals surface area (Å²) < 4.78 is 1.71. The maximum absolute atomic E-state index is 13.0. The van der Waals surface area contributed by atoms with Crippen molar-refractivity contribution in [2.45, 2.75) is 26.2 Å². The Morgan fingerprint density at radius 3 is 2.46 bits per heavy atom. The van der Waals surface area contributed by atoms with Gasteiger partial charge < -0.3 is 5.32 Å². The molecule has 0 radical (unpaired) electrons. The van der Waals surface area contributed by atoms with Crippen molar-refractivity contribution < 1.29 is 9.59 Å². The molecular weight excluding hydrogens is 326 g/mol. The fourth-order valence-electron chi connectivity index (χ4n) is 3.45. The summed E-state index contributed by atoms with van der Waals surface area (Å²) >= 11 is 0. The van der Waals surface area contributed by atoms with E-state index in [1.165, 1.54) is 0 Å². The molecule has 1 unspecified atom stereocenters. The molecule has 4 rings (SSSR count). The minimum absolute atomic E-state index is 0.0479. The van der Waals surface area contributed by atoms with Crippen LogP contribution in [0.5, 0.6) is 0 Å². The van der Waals surface area contributed by atoms with Crippen molar-refractivity contribution in [1.82, 2.24) is 9.78 Å². The molecule has 0 spiro atoms. The zero-order valence-corrected chi connectivity index (χ0v) is 14.7. The number of nitrogens with one attached hydrogen (secondary N) is 1. The predicted octanol–water partition coefficient (Wildman–Crippen LogP) is 3.80. The van der Waals surface area contributed by atoms with Gasteiger partial charge in [0.15, 0.2) is 5.78 Å². The Morgan fingerprint density at radius 1 is 1.08 bits per heavy atom. The number of carbonyl (C=O) groups excluding carboxylic acids is 2. The smallest absolute Gasteiger partial charge is 0.226 e. The van der Waals surface area contributed by atoms with Gasteiger partial charge in [-0.25, -0.2) is 4.68 Å². The van der Waals surface area contributed by atoms with Crippen LogP contribution in [0.4, 0.5) is 5.82 Å². The number of rotatable bonds is 3. The second-order valence-electron chi connectivity index (χ2n) is 6.63. The molecule has 0 fully saturated rings. The van der Waals surface area contributed by atoms with Crippen LogP contribution in [0.2, 0.25) is 0 Å². The molecule has 1 aromatic heterocycles. The van der Waals surface area contributed by atoms with Gasteiger partial charge in [0.1, 0.15) is 5.82 Å². The molecule has 3 aromatic rings. The summed E-state index contributed by atoms with van der Waals surface area (Å²) in [5.41, 5.74) is 4.18. The van der Waals surface area contributed by atoms with E-state index in [1.54, 1.807) is 16.8 Å². The van der Waals surface area contributed by atoms with Gasteiger partial charge in [0.05, 0.1) is 17.3 Å². The van der Waals surface area contributed by atoms with Crippen molar-refractivity contribution >= 4 is 17.5 Å². The van der Waals surface area contributed by atoms with Crippen LogP contribution >= 0.6 is 0 Å². The molecule has 2 aromatic carbocycles. The number of hydrogen-bond acceptors (Lipinski definition) is 3. The minimum atomic E-state index is -0.514. The van der Waals surface area contributed by atoms with Gasteiger partial charge in [-0.15, -0.1) is 0 Å². The fraction of sp³-hybridized carbons (Fsp3) is 0.190. The Balaban J connectivity index is 1.82. The van der Waals surface area contributed by atoms with Crippen LogP contribution in [0.1, 0.15) is 39.5 Å². The maximum atomic E-state index is 13.0. The lowest BCUT2D eigenvalue weighted by Gasteiger charge is -2.23. The van der Waals surface area contributed by atoms with Crippen molar-refractivity contribution in [3.8, 4) is 5.69 Å². The molecule has 0 bridgehead atoms. The first-order chi connectivity index (χ1) is 12.5. The van der Waals surface area contributed by atoms with Crippen molar-refractivity contribution in [2.75, 3.05) is 5.32 Å². The second kappa shape index (κ2) is 6.26. The number of aryl methyl sites for hydroxylation is 2. The molecule has 1 aliphatic rings. The average molecular weight is 345 g/mol. The molecule has 26 heavy (non-hydrogen) atoms. The maximum Gasteiger partial charge on any atom is 0.226 e. The Kier molecular flexibility index (Phi) is 3.92. The molecule has 1 N–H and O–H groups in total. The lowest BCUT2D eigenvalue weighted by molar-refractivity contribution is -0.116. The molecule has 1 atom stereocenters. The molecule has 5 heteroatoms. The Labute approximate surface area is 151 Å². The van der Waals surface area contributed by atoms with Gasteiger partial charge in [-0.05, 0) is 26.0 Å². The van der Waals surface area contributed by atoms with Crippen LogP contribution < -0.4 is 5.32 Å². The first-order valence-electron chi connectivity index (χ1n) is 8.60. The third-order valence-corrected chi connectivity index (χ3v) is 4.76. The van der Waals surface area contributed by atoms with E-state index in [-0.39, 0.29) is 18.1 Å². The Morgan fingerprint density at radius 2 is 1.77 bits per heavy atom. The van der Waals surface area contributed by atoms with Crippen molar-refractivity contribution in [3.05, 3.63) is 77.0 Å². The number of anilines is 1. The molecule has 1 amide bonds. The summed E-state index contributed by atoms with van der Waals surface area (Å²) in [7, 11) is 0. The third kappa shape index (κ3) is 2.71. The molecule has 0 saturated carbocycles. The number of Topliss-reactive ketones (excluding diaryl/α,β-unsaturated/α-hetero) is 1. The summed E-state index contributed by atoms with van der Waals surface area (Å²) in [6.45, 7) is 3.90. The van der Waals surface area contributed by atoms with Crippen LogP contribution in [0, 0.1) is 13.8 Å². The Bertz CT molecular complexity index is 988. The van der Waals surface area contributed by atoms with E-state index in [1.807, 2.05) is 56.3 Å². The molecule has 1 aliphatic heterocycles. The lowest BCUT2D eigenvalue weighted by atomic mass is 9.85. The highest BCUT2D eigenvalue weighted by atomic mass is 16.2. The van der Waals surface area contributed by atoms with E-state index in [0.29, 0.717) is 11.4 Å². The predicted molar refractivity (Wildman–Crippen MR) is 99.8 cm³/mol. The Hall–Kier alpha value is -3.21. The average Bonchev–Trinajstić information content (AvgIpc) is 2.98. The van der Waals surface area contributed by atoms with Gasteiger partial charge in [-0.1, -0.05) is 48.0 Å². The second-order valence-corrected chi connectivity index (χ2v) is 6.63. The van der Waals surface area contributed by atoms with E-state index < -0.39 is 5.92 Å². The van der Waals surface area contributed by atoms with E-state index >= 15 is 0 Å². The zero-order chi connectivity index (χ0) is 18.3. The number of carbonyl (C=O) groups is 2. The first kappa shape index (κ1) is 16.3. The van der Waals surface area contributed by atoms with Crippen molar-refractivity contribution in [3.63, 3.8) is 0 Å². The molecule has 0 aliphatic carbocycles. The molecule has 2 heterocycles. The summed E-state index contributed by atoms with van der Waals surface area (Å²) in [6.07, 6.45) is 0.140. The van der Waals surface area contributed by atoms with Crippen LogP contribution in [-0.2, 0) is 4.79 Å². The van der Waals surface area contributed by atoms with E-state index in [4.69, 9.17) is 0 Å². The lowest BCUT2D eigenvalue weighted by Crippen LogP contribution is -2.28. The number of benzene rings is 2. The topological polar surface area (TPSA) is 64.0 Å². The number of hydrogen-bond donors (Lipinski definition) is 1. The molecule has 130 valence electrons. The van der Waals surface area contributed by atoms with Crippen molar-refractivity contribution in [1.29, 1.82) is 0 Å². The van der Waals surface area contributed by atoms with Gasteiger partial charge in [0.25, 0.3) is 0 Å². The summed E-state index contributed by atoms with van der Waals surface area (Å²) in [5, 5.41) is 7.51. The quantitative estimate of drug-likeness (QED) is 0.735. The highest BCUT2D eigenvalue weighted by molar-refractivity contribution is 6.07. The van der Waals surface area contributed by atoms with E-state index in [2.05, 4.69) is 10.4 Å². The molecular formula is C21H19N3O2. The van der Waals surface area contributed by atoms with Gasteiger partial charge in [-0.3, -0.25) is 9.59 Å². The van der Waals surface area contributed by atoms with E-state index in [9.17, 15) is 9.59 Å². The van der Waals surface area contributed by atoms with Crippen LogP contribution in [0.25, 0.3) is 5.69 Å². The van der Waals surface area contributed by atoms with Crippen LogP contribution in [0.15, 0.2) is 54.6 Å². The number of ketones is 1. The highest BCUT2D eigenvalue weighted by Gasteiger charge is 2.36. The largest absolute Gasteiger partial charge is 0.310 e. The normalized spacial score (nSPS) is 16.1. The first-order valence-corrected chi connectivity index (χ1v) is 8.60. The standard InChI is InChI=1S/C21H19N3O2/c1-13-8-10-16(11-9-13)24-21-19(14(2)23-24)17(12-18(25)22-21)20(26)15-6-4-3-5-7-15/h3-11,17H,12H2,1-2H3,(H,22,25). The number of fused-ring (bicyclic) bond motifs is 1. The minimum Gasteiger partial charge on any atom is -0.310 e. The van der Waals surface area contributed by atoms with Crippen molar-refractivity contribution in [2.24, 2.45) is 0 Å².